The van der Waals surface area contributed by atoms with Gasteiger partial charge in [-0.05, 0) is 24.1 Å². The molecule has 2 rings (SSSR count). The maximum atomic E-state index is 12.5. The Kier molecular flexibility index (Phi) is 4.06. The first kappa shape index (κ1) is 15.2. The lowest BCUT2D eigenvalue weighted by molar-refractivity contribution is -0.137. The standard InChI is InChI=1S/C15H13F3O3/c1-2-3-12-13(14(19)20)11(8-21-12)9-4-6-10(7-5-9)15(16,17)18/h4-8H,2-3H2,1H3,(H,19,20). The quantitative estimate of drug-likeness (QED) is 0.896. The third kappa shape index (κ3) is 3.09. The average Bonchev–Trinajstić information content (AvgIpc) is 2.82. The number of aryl methyl sites for hydroxylation is 1. The molecule has 0 amide bonds. The van der Waals surface area contributed by atoms with Crippen LogP contribution in [0.4, 0.5) is 13.2 Å². The van der Waals surface area contributed by atoms with Gasteiger partial charge in [-0.1, -0.05) is 19.1 Å². The molecule has 0 radical (unpaired) electrons. The number of aromatic carboxylic acids is 1. The minimum Gasteiger partial charge on any atom is -0.478 e. The fourth-order valence-corrected chi connectivity index (χ4v) is 2.09. The zero-order valence-electron chi connectivity index (χ0n) is 11.2. The molecule has 0 fully saturated rings. The smallest absolute Gasteiger partial charge is 0.416 e. The molecule has 112 valence electrons. The van der Waals surface area contributed by atoms with Crippen molar-refractivity contribution in [2.24, 2.45) is 0 Å². The van der Waals surface area contributed by atoms with E-state index in [1.165, 1.54) is 18.4 Å². The molecule has 0 atom stereocenters. The monoisotopic (exact) mass is 298 g/mol. The van der Waals surface area contributed by atoms with Crippen LogP contribution in [0.5, 0.6) is 0 Å². The predicted molar refractivity (Wildman–Crippen MR) is 70.1 cm³/mol. The van der Waals surface area contributed by atoms with Crippen LogP contribution in [-0.2, 0) is 12.6 Å². The van der Waals surface area contributed by atoms with Gasteiger partial charge in [0, 0.05) is 12.0 Å². The number of furan rings is 1. The zero-order chi connectivity index (χ0) is 15.6. The van der Waals surface area contributed by atoms with Crippen molar-refractivity contribution in [1.82, 2.24) is 0 Å². The van der Waals surface area contributed by atoms with Gasteiger partial charge in [0.2, 0.25) is 0 Å². The predicted octanol–water partition coefficient (Wildman–Crippen LogP) is 4.62. The van der Waals surface area contributed by atoms with Crippen molar-refractivity contribution in [3.05, 3.63) is 47.4 Å². The topological polar surface area (TPSA) is 50.4 Å². The fraction of sp³-hybridized carbons (Fsp3) is 0.267. The number of carbonyl (C=O) groups is 1. The summed E-state index contributed by atoms with van der Waals surface area (Å²) in [6.45, 7) is 1.88. The molecule has 3 nitrogen and oxygen atoms in total. The molecular formula is C15H13F3O3. The minimum atomic E-state index is -4.42. The summed E-state index contributed by atoms with van der Waals surface area (Å²) in [5, 5.41) is 9.27. The molecule has 1 aromatic heterocycles. The van der Waals surface area contributed by atoms with Gasteiger partial charge in [0.25, 0.3) is 0 Å². The van der Waals surface area contributed by atoms with Gasteiger partial charge in [0.1, 0.15) is 11.3 Å². The van der Waals surface area contributed by atoms with E-state index in [1.807, 2.05) is 6.92 Å². The van der Waals surface area contributed by atoms with E-state index in [1.54, 1.807) is 0 Å². The highest BCUT2D eigenvalue weighted by Crippen LogP contribution is 2.33. The number of alkyl halides is 3. The molecule has 0 aliphatic carbocycles. The van der Waals surface area contributed by atoms with Gasteiger partial charge in [0.15, 0.2) is 0 Å². The van der Waals surface area contributed by atoms with Crippen molar-refractivity contribution >= 4 is 5.97 Å². The van der Waals surface area contributed by atoms with Crippen molar-refractivity contribution < 1.29 is 27.5 Å². The summed E-state index contributed by atoms with van der Waals surface area (Å²) in [4.78, 5) is 11.3. The molecule has 6 heteroatoms. The molecule has 0 saturated carbocycles. The third-order valence-corrected chi connectivity index (χ3v) is 3.08. The van der Waals surface area contributed by atoms with Gasteiger partial charge in [-0.15, -0.1) is 0 Å². The van der Waals surface area contributed by atoms with Crippen LogP contribution in [-0.4, -0.2) is 11.1 Å². The SMILES string of the molecule is CCCc1occ(-c2ccc(C(F)(F)F)cc2)c1C(=O)O. The molecule has 0 aliphatic rings. The molecule has 1 N–H and O–H groups in total. The van der Waals surface area contributed by atoms with Crippen molar-refractivity contribution in [1.29, 1.82) is 0 Å². The molecule has 0 saturated heterocycles. The Hall–Kier alpha value is -2.24. The van der Waals surface area contributed by atoms with Gasteiger partial charge >= 0.3 is 12.1 Å². The Morgan fingerprint density at radius 2 is 1.86 bits per heavy atom. The highest BCUT2D eigenvalue weighted by molar-refractivity contribution is 5.97. The summed E-state index contributed by atoms with van der Waals surface area (Å²) in [6.07, 6.45) is -1.97. The van der Waals surface area contributed by atoms with E-state index < -0.39 is 17.7 Å². The number of hydrogen-bond acceptors (Lipinski definition) is 2. The van der Waals surface area contributed by atoms with E-state index in [4.69, 9.17) is 4.42 Å². The van der Waals surface area contributed by atoms with E-state index >= 15 is 0 Å². The summed E-state index contributed by atoms with van der Waals surface area (Å²) in [7, 11) is 0. The number of rotatable bonds is 4. The highest BCUT2D eigenvalue weighted by Gasteiger charge is 2.30. The molecular weight excluding hydrogens is 285 g/mol. The normalized spacial score (nSPS) is 11.6. The largest absolute Gasteiger partial charge is 0.478 e. The highest BCUT2D eigenvalue weighted by atomic mass is 19.4. The molecule has 0 spiro atoms. The summed E-state index contributed by atoms with van der Waals surface area (Å²) in [6, 6.07) is 4.34. The van der Waals surface area contributed by atoms with Crippen LogP contribution in [0, 0.1) is 0 Å². The van der Waals surface area contributed by atoms with Gasteiger partial charge in [-0.2, -0.15) is 13.2 Å². The number of carboxylic acid groups (broad SMARTS) is 1. The molecule has 21 heavy (non-hydrogen) atoms. The number of benzene rings is 1. The van der Waals surface area contributed by atoms with E-state index in [9.17, 15) is 23.1 Å². The van der Waals surface area contributed by atoms with Crippen molar-refractivity contribution in [3.8, 4) is 11.1 Å². The Bertz CT molecular complexity index is 639. The zero-order valence-corrected chi connectivity index (χ0v) is 11.2. The molecule has 0 aliphatic heterocycles. The number of carboxylic acids is 1. The van der Waals surface area contributed by atoms with E-state index in [-0.39, 0.29) is 5.56 Å². The van der Waals surface area contributed by atoms with Crippen LogP contribution in [0.2, 0.25) is 0 Å². The second-order valence-electron chi connectivity index (χ2n) is 4.58. The maximum Gasteiger partial charge on any atom is 0.416 e. The van der Waals surface area contributed by atoms with Crippen LogP contribution >= 0.6 is 0 Å². The fourth-order valence-electron chi connectivity index (χ4n) is 2.09. The third-order valence-electron chi connectivity index (χ3n) is 3.08. The van der Waals surface area contributed by atoms with Gasteiger partial charge in [-0.3, -0.25) is 0 Å². The van der Waals surface area contributed by atoms with Crippen molar-refractivity contribution in [2.45, 2.75) is 25.9 Å². The number of hydrogen-bond donors (Lipinski definition) is 1. The van der Waals surface area contributed by atoms with E-state index in [0.29, 0.717) is 29.7 Å². The lowest BCUT2D eigenvalue weighted by atomic mass is 10.0. The van der Waals surface area contributed by atoms with Crippen LogP contribution in [0.1, 0.15) is 35.0 Å². The molecule has 1 heterocycles. The summed E-state index contributed by atoms with van der Waals surface area (Å²) in [5.74, 6) is -0.818. The van der Waals surface area contributed by atoms with Gasteiger partial charge < -0.3 is 9.52 Å². The average molecular weight is 298 g/mol. The van der Waals surface area contributed by atoms with Crippen molar-refractivity contribution in [3.63, 3.8) is 0 Å². The first-order valence-corrected chi connectivity index (χ1v) is 6.36. The van der Waals surface area contributed by atoms with Crippen LogP contribution in [0.25, 0.3) is 11.1 Å². The van der Waals surface area contributed by atoms with E-state index in [2.05, 4.69) is 0 Å². The Balaban J connectivity index is 2.45. The second-order valence-corrected chi connectivity index (χ2v) is 4.58. The Labute approximate surface area is 119 Å². The minimum absolute atomic E-state index is 0.0107. The molecule has 1 aromatic carbocycles. The summed E-state index contributed by atoms with van der Waals surface area (Å²) >= 11 is 0. The molecule has 0 unspecified atom stereocenters. The van der Waals surface area contributed by atoms with Crippen LogP contribution < -0.4 is 0 Å². The Morgan fingerprint density at radius 3 is 2.33 bits per heavy atom. The van der Waals surface area contributed by atoms with E-state index in [0.717, 1.165) is 12.1 Å². The van der Waals surface area contributed by atoms with Crippen LogP contribution in [0.15, 0.2) is 34.9 Å². The summed E-state index contributed by atoms with van der Waals surface area (Å²) < 4.78 is 42.8. The first-order valence-electron chi connectivity index (χ1n) is 6.36. The summed E-state index contributed by atoms with van der Waals surface area (Å²) in [5.41, 5.74) is -0.0943. The van der Waals surface area contributed by atoms with Crippen molar-refractivity contribution in [2.75, 3.05) is 0 Å². The maximum absolute atomic E-state index is 12.5. The lowest BCUT2D eigenvalue weighted by Gasteiger charge is -2.07. The number of halogens is 3. The second kappa shape index (κ2) is 5.63. The Morgan fingerprint density at radius 1 is 1.24 bits per heavy atom. The molecule has 0 bridgehead atoms. The van der Waals surface area contributed by atoms with Crippen LogP contribution in [0.3, 0.4) is 0 Å². The lowest BCUT2D eigenvalue weighted by Crippen LogP contribution is -2.04. The van der Waals surface area contributed by atoms with Gasteiger partial charge in [0.05, 0.1) is 11.8 Å². The van der Waals surface area contributed by atoms with Gasteiger partial charge in [-0.25, -0.2) is 4.79 Å². The first-order chi connectivity index (χ1) is 9.84. The molecule has 2 aromatic rings.